The van der Waals surface area contributed by atoms with E-state index in [4.69, 9.17) is 34.8 Å². The minimum Gasteiger partial charge on any atom is -0.323 e. The number of rotatable bonds is 6. The molecule has 0 saturated heterocycles. The number of halogens is 3. The van der Waals surface area contributed by atoms with Gasteiger partial charge in [0.15, 0.2) is 5.82 Å². The molecule has 2 heterocycles. The Balaban J connectivity index is 1.68. The predicted octanol–water partition coefficient (Wildman–Crippen LogP) is 6.39. The molecule has 2 aromatic carbocycles. The molecule has 0 unspecified atom stereocenters. The van der Waals surface area contributed by atoms with Crippen molar-refractivity contribution in [2.75, 3.05) is 10.7 Å². The van der Waals surface area contributed by atoms with Gasteiger partial charge >= 0.3 is 0 Å². The summed E-state index contributed by atoms with van der Waals surface area (Å²) in [6, 6.07) is 16.5. The maximum Gasteiger partial charge on any atom is 0.248 e. The van der Waals surface area contributed by atoms with Gasteiger partial charge in [-0.05, 0) is 36.8 Å². The molecule has 0 atom stereocenters. The van der Waals surface area contributed by atoms with Gasteiger partial charge in [0, 0.05) is 0 Å². The molecule has 0 amide bonds. The third-order valence-corrected chi connectivity index (χ3v) is 5.11. The van der Waals surface area contributed by atoms with Crippen molar-refractivity contribution < 1.29 is 0 Å². The number of anilines is 3. The van der Waals surface area contributed by atoms with E-state index in [1.165, 1.54) is 5.56 Å². The molecule has 0 aliphatic heterocycles. The molecule has 160 valence electrons. The topological polar surface area (TPSA) is 88.0 Å². The average Bonchev–Trinajstić information content (AvgIpc) is 2.77. The number of hydrogen-bond donors (Lipinski definition) is 2. The lowest BCUT2D eigenvalue weighted by molar-refractivity contribution is 1.04. The highest BCUT2D eigenvalue weighted by Gasteiger charge is 2.15. The Bertz CT molecular complexity index is 1240. The lowest BCUT2D eigenvalue weighted by Crippen LogP contribution is -2.06. The van der Waals surface area contributed by atoms with Crippen molar-refractivity contribution in [2.45, 2.75) is 6.92 Å². The monoisotopic (exact) mass is 483 g/mol. The van der Waals surface area contributed by atoms with Crippen molar-refractivity contribution in [1.82, 2.24) is 19.9 Å². The molecule has 0 spiro atoms. The molecule has 2 N–H and O–H groups in total. The van der Waals surface area contributed by atoms with Gasteiger partial charge in [-0.3, -0.25) is 0 Å². The van der Waals surface area contributed by atoms with Crippen LogP contribution in [0, 0.1) is 6.92 Å². The van der Waals surface area contributed by atoms with Crippen LogP contribution in [0.3, 0.4) is 0 Å². The molecule has 7 nitrogen and oxygen atoms in total. The van der Waals surface area contributed by atoms with E-state index in [-0.39, 0.29) is 17.7 Å². The largest absolute Gasteiger partial charge is 0.323 e. The van der Waals surface area contributed by atoms with Gasteiger partial charge in [0.05, 0.1) is 33.7 Å². The van der Waals surface area contributed by atoms with E-state index in [1.807, 2.05) is 31.2 Å². The van der Waals surface area contributed by atoms with Crippen LogP contribution in [0.2, 0.25) is 15.2 Å². The van der Waals surface area contributed by atoms with E-state index in [1.54, 1.807) is 42.7 Å². The third-order valence-electron chi connectivity index (χ3n) is 4.26. The SMILES string of the molecule is Cc1ccc(C=NNc2nc(Nc3ccc(Cl)nc3)nc(-c3c(Cl)cccc3Cl)n2)cc1. The third kappa shape index (κ3) is 5.50. The molecule has 0 bridgehead atoms. The number of aryl methyl sites for hydroxylation is 1. The second-order valence-electron chi connectivity index (χ2n) is 6.68. The minimum absolute atomic E-state index is 0.207. The molecule has 0 aliphatic carbocycles. The van der Waals surface area contributed by atoms with Gasteiger partial charge in [0.2, 0.25) is 11.9 Å². The highest BCUT2D eigenvalue weighted by atomic mass is 35.5. The zero-order valence-electron chi connectivity index (χ0n) is 16.7. The average molecular weight is 485 g/mol. The second kappa shape index (κ2) is 9.91. The highest BCUT2D eigenvalue weighted by Crippen LogP contribution is 2.33. The van der Waals surface area contributed by atoms with Crippen LogP contribution < -0.4 is 10.7 Å². The summed E-state index contributed by atoms with van der Waals surface area (Å²) < 4.78 is 0. The van der Waals surface area contributed by atoms with Crippen molar-refractivity contribution in [2.24, 2.45) is 5.10 Å². The maximum atomic E-state index is 6.36. The quantitative estimate of drug-likeness (QED) is 0.187. The fourth-order valence-electron chi connectivity index (χ4n) is 2.70. The number of aromatic nitrogens is 4. The first-order valence-electron chi connectivity index (χ1n) is 9.43. The molecule has 2 aromatic heterocycles. The van der Waals surface area contributed by atoms with E-state index in [0.29, 0.717) is 26.4 Å². The summed E-state index contributed by atoms with van der Waals surface area (Å²) in [6.07, 6.45) is 3.23. The van der Waals surface area contributed by atoms with Crippen LogP contribution in [-0.2, 0) is 0 Å². The van der Waals surface area contributed by atoms with E-state index in [9.17, 15) is 0 Å². The van der Waals surface area contributed by atoms with E-state index in [0.717, 1.165) is 5.56 Å². The van der Waals surface area contributed by atoms with Crippen LogP contribution in [0.4, 0.5) is 17.6 Å². The zero-order chi connectivity index (χ0) is 22.5. The van der Waals surface area contributed by atoms with E-state index >= 15 is 0 Å². The van der Waals surface area contributed by atoms with Crippen molar-refractivity contribution in [1.29, 1.82) is 0 Å². The van der Waals surface area contributed by atoms with Gasteiger partial charge in [-0.15, -0.1) is 0 Å². The van der Waals surface area contributed by atoms with Gasteiger partial charge in [0.1, 0.15) is 5.15 Å². The zero-order valence-corrected chi connectivity index (χ0v) is 19.0. The number of benzene rings is 2. The van der Waals surface area contributed by atoms with Crippen LogP contribution >= 0.6 is 34.8 Å². The Morgan fingerprint density at radius 2 is 1.56 bits per heavy atom. The summed E-state index contributed by atoms with van der Waals surface area (Å²) in [5.74, 6) is 0.745. The number of nitrogens with one attached hydrogen (secondary N) is 2. The second-order valence-corrected chi connectivity index (χ2v) is 7.88. The van der Waals surface area contributed by atoms with Crippen molar-refractivity contribution in [3.05, 3.63) is 87.1 Å². The molecule has 4 aromatic rings. The number of pyridine rings is 1. The van der Waals surface area contributed by atoms with Gasteiger partial charge in [-0.1, -0.05) is 70.7 Å². The molecule has 0 saturated carbocycles. The number of hydrazone groups is 1. The normalized spacial score (nSPS) is 11.0. The minimum atomic E-state index is 0.207. The van der Waals surface area contributed by atoms with Gasteiger partial charge in [-0.25, -0.2) is 10.4 Å². The molecular formula is C22H16Cl3N7. The Morgan fingerprint density at radius 1 is 0.844 bits per heavy atom. The molecule has 0 aliphatic rings. The summed E-state index contributed by atoms with van der Waals surface area (Å²) in [5, 5.41) is 8.51. The van der Waals surface area contributed by atoms with Crippen molar-refractivity contribution in [3.8, 4) is 11.4 Å². The van der Waals surface area contributed by atoms with Crippen LogP contribution in [0.15, 0.2) is 65.9 Å². The Morgan fingerprint density at radius 3 is 2.25 bits per heavy atom. The molecular weight excluding hydrogens is 469 g/mol. The van der Waals surface area contributed by atoms with Crippen LogP contribution in [0.5, 0.6) is 0 Å². The fraction of sp³-hybridized carbons (Fsp3) is 0.0455. The molecule has 32 heavy (non-hydrogen) atoms. The van der Waals surface area contributed by atoms with Gasteiger partial charge in [-0.2, -0.15) is 20.1 Å². The first-order valence-corrected chi connectivity index (χ1v) is 10.6. The van der Waals surface area contributed by atoms with E-state index < -0.39 is 0 Å². The number of nitrogens with zero attached hydrogens (tertiary/aromatic N) is 5. The summed E-state index contributed by atoms with van der Waals surface area (Å²) in [7, 11) is 0. The van der Waals surface area contributed by atoms with Crippen molar-refractivity contribution in [3.63, 3.8) is 0 Å². The Hall–Kier alpha value is -3.26. The lowest BCUT2D eigenvalue weighted by atomic mass is 10.2. The lowest BCUT2D eigenvalue weighted by Gasteiger charge is -2.10. The Kier molecular flexibility index (Phi) is 6.80. The smallest absolute Gasteiger partial charge is 0.248 e. The van der Waals surface area contributed by atoms with Gasteiger partial charge < -0.3 is 5.32 Å². The Labute approximate surface area is 199 Å². The first-order chi connectivity index (χ1) is 15.5. The van der Waals surface area contributed by atoms with Crippen LogP contribution in [-0.4, -0.2) is 26.2 Å². The van der Waals surface area contributed by atoms with Crippen molar-refractivity contribution >= 4 is 58.6 Å². The first kappa shape index (κ1) is 22.0. The molecule has 10 heteroatoms. The highest BCUT2D eigenvalue weighted by molar-refractivity contribution is 6.39. The maximum absolute atomic E-state index is 6.36. The fourth-order valence-corrected chi connectivity index (χ4v) is 3.38. The standard InChI is InChI=1S/C22H16Cl3N7/c1-13-5-7-14(8-6-13)11-27-32-22-30-20(19-16(23)3-2-4-17(19)24)29-21(31-22)28-15-9-10-18(25)26-12-15/h2-12H,1H3,(H2,28,29,30,31,32). The predicted molar refractivity (Wildman–Crippen MR) is 130 cm³/mol. The molecule has 0 radical (unpaired) electrons. The summed E-state index contributed by atoms with van der Waals surface area (Å²) >= 11 is 18.6. The van der Waals surface area contributed by atoms with Gasteiger partial charge in [0.25, 0.3) is 0 Å². The summed E-state index contributed by atoms with van der Waals surface area (Å²) in [4.78, 5) is 17.3. The number of hydrogen-bond acceptors (Lipinski definition) is 7. The summed E-state index contributed by atoms with van der Waals surface area (Å²) in [6.45, 7) is 2.02. The van der Waals surface area contributed by atoms with Crippen LogP contribution in [0.25, 0.3) is 11.4 Å². The van der Waals surface area contributed by atoms with Crippen LogP contribution in [0.1, 0.15) is 11.1 Å². The summed E-state index contributed by atoms with van der Waals surface area (Å²) in [5.41, 5.74) is 6.06. The molecule has 0 fully saturated rings. The molecule has 4 rings (SSSR count). The van der Waals surface area contributed by atoms with E-state index in [2.05, 4.69) is 35.8 Å².